The van der Waals surface area contributed by atoms with Gasteiger partial charge in [-0.3, -0.25) is 4.90 Å². The van der Waals surface area contributed by atoms with Crippen molar-refractivity contribution < 1.29 is 36.5 Å². The first-order valence-electron chi connectivity index (χ1n) is 14.5. The van der Waals surface area contributed by atoms with Crippen LogP contribution in [0.1, 0.15) is 37.7 Å². The van der Waals surface area contributed by atoms with Gasteiger partial charge in [0.05, 0.1) is 28.8 Å². The highest BCUT2D eigenvalue weighted by Gasteiger charge is 2.49. The number of rotatable bonds is 4. The second kappa shape index (κ2) is 10.4. The number of ether oxygens (including phenoxy) is 2. The number of anilines is 2. The van der Waals surface area contributed by atoms with E-state index < -0.39 is 51.7 Å². The molecule has 3 aromatic rings. The Bertz CT molecular complexity index is 1650. The molecule has 5 atom stereocenters. The number of halogens is 6. The fourth-order valence-corrected chi connectivity index (χ4v) is 7.86. The molecular weight excluding hydrogens is 611 g/mol. The largest absolute Gasteiger partial charge is 0.477 e. The normalized spacial score (nSPS) is 28.5. The van der Waals surface area contributed by atoms with Crippen molar-refractivity contribution in [2.75, 3.05) is 44.0 Å². The number of hydrogen-bond donors (Lipinski definition) is 2. The van der Waals surface area contributed by atoms with Gasteiger partial charge in [-0.2, -0.15) is 23.1 Å². The van der Waals surface area contributed by atoms with E-state index in [1.807, 2.05) is 4.90 Å². The maximum absolute atomic E-state index is 16.6. The van der Waals surface area contributed by atoms with Crippen molar-refractivity contribution in [1.82, 2.24) is 19.9 Å². The molecule has 0 spiro atoms. The number of nitrogen functional groups attached to an aromatic ring is 1. The molecule has 9 nitrogen and oxygen atoms in total. The molecule has 4 aliphatic rings. The molecule has 2 saturated heterocycles. The third-order valence-corrected chi connectivity index (χ3v) is 9.79. The first-order valence-corrected chi connectivity index (χ1v) is 14.9. The van der Waals surface area contributed by atoms with Crippen molar-refractivity contribution in [1.29, 1.82) is 0 Å². The van der Waals surface area contributed by atoms with Crippen LogP contribution in [-0.2, 0) is 6.18 Å². The molecule has 7 rings (SSSR count). The molecule has 0 bridgehead atoms. The molecule has 2 aromatic heterocycles. The minimum Gasteiger partial charge on any atom is -0.477 e. The van der Waals surface area contributed by atoms with E-state index in [0.717, 1.165) is 25.1 Å². The van der Waals surface area contributed by atoms with Crippen LogP contribution in [0.5, 0.6) is 11.9 Å². The molecule has 3 fully saturated rings. The Morgan fingerprint density at radius 2 is 2.02 bits per heavy atom. The highest BCUT2D eigenvalue weighted by molar-refractivity contribution is 6.32. The summed E-state index contributed by atoms with van der Waals surface area (Å²) in [6.45, 7) is 1.16. The molecule has 5 heterocycles. The zero-order valence-corrected chi connectivity index (χ0v) is 24.4. The Morgan fingerprint density at radius 3 is 2.80 bits per heavy atom. The average Bonchev–Trinajstić information content (AvgIpc) is 3.60. The maximum atomic E-state index is 16.6. The number of aliphatic hydroxyl groups excluding tert-OH is 1. The number of pyridine rings is 1. The zero-order chi connectivity index (χ0) is 31.1. The highest BCUT2D eigenvalue weighted by Crippen LogP contribution is 2.47. The standard InChI is InChI=1S/C29H30ClF5N6O3/c1-40-19-8-16(42)5-13(19)11-43-26-20-24(22(32)23(37-26)17-6-15(36)7-18(30)21(17)29(33,34)35)38-27(39-25(20)40)44-12-28-3-2-4-41(28)10-14(31)9-28/h6-7,13-14,16,19,42H,2-5,8-12,36H2,1H3/t13?,14-,16?,19?,28+/m1/s1. The van der Waals surface area contributed by atoms with Crippen LogP contribution in [0.4, 0.5) is 33.5 Å². The van der Waals surface area contributed by atoms with Crippen LogP contribution in [0.3, 0.4) is 0 Å². The molecule has 1 saturated carbocycles. The van der Waals surface area contributed by atoms with E-state index in [-0.39, 0.29) is 65.9 Å². The van der Waals surface area contributed by atoms with Gasteiger partial charge in [0.15, 0.2) is 5.82 Å². The molecule has 0 amide bonds. The van der Waals surface area contributed by atoms with Gasteiger partial charge in [-0.25, -0.2) is 13.8 Å². The van der Waals surface area contributed by atoms with Crippen LogP contribution in [0.25, 0.3) is 22.2 Å². The van der Waals surface area contributed by atoms with Gasteiger partial charge >= 0.3 is 12.2 Å². The predicted octanol–water partition coefficient (Wildman–Crippen LogP) is 5.01. The van der Waals surface area contributed by atoms with Crippen LogP contribution < -0.4 is 20.1 Å². The van der Waals surface area contributed by atoms with Gasteiger partial charge in [-0.1, -0.05) is 11.6 Å². The Labute approximate surface area is 254 Å². The van der Waals surface area contributed by atoms with E-state index in [2.05, 4.69) is 15.0 Å². The van der Waals surface area contributed by atoms with Gasteiger partial charge in [0, 0.05) is 43.2 Å². The van der Waals surface area contributed by atoms with Crippen LogP contribution in [0.2, 0.25) is 5.02 Å². The van der Waals surface area contributed by atoms with Crippen LogP contribution in [0, 0.1) is 11.7 Å². The number of alkyl halides is 4. The Hall–Kier alpha value is -3.23. The topological polar surface area (TPSA) is 110 Å². The minimum atomic E-state index is -4.96. The summed E-state index contributed by atoms with van der Waals surface area (Å²) >= 11 is 5.99. The minimum absolute atomic E-state index is 0.0508. The molecular formula is C29H30ClF5N6O3. The van der Waals surface area contributed by atoms with E-state index in [4.69, 9.17) is 26.8 Å². The van der Waals surface area contributed by atoms with Crippen molar-refractivity contribution in [3.63, 3.8) is 0 Å². The molecule has 1 aromatic carbocycles. The lowest BCUT2D eigenvalue weighted by Gasteiger charge is -2.34. The van der Waals surface area contributed by atoms with Crippen molar-refractivity contribution in [2.45, 2.75) is 62.1 Å². The lowest BCUT2D eigenvalue weighted by atomic mass is 9.95. The first kappa shape index (κ1) is 29.5. The molecule has 3 aliphatic heterocycles. The summed E-state index contributed by atoms with van der Waals surface area (Å²) in [6, 6.07) is 1.44. The first-order chi connectivity index (χ1) is 20.8. The molecule has 15 heteroatoms. The number of fused-ring (bicyclic) bond motifs is 2. The Balaban J connectivity index is 1.41. The van der Waals surface area contributed by atoms with Crippen molar-refractivity contribution in [3.05, 3.63) is 28.5 Å². The van der Waals surface area contributed by atoms with Gasteiger partial charge in [0.2, 0.25) is 5.88 Å². The van der Waals surface area contributed by atoms with Crippen molar-refractivity contribution in [3.8, 4) is 23.1 Å². The number of nitrogens with two attached hydrogens (primary N) is 1. The SMILES string of the molecule is CN1c2nc(OC[C@@]34CCCN3C[C@H](F)C4)nc3c(F)c(-c4cc(N)cc(Cl)c4C(F)(F)F)nc(c23)OCC2CC(O)CC21. The Morgan fingerprint density at radius 1 is 1.23 bits per heavy atom. The fourth-order valence-electron chi connectivity index (χ4n) is 7.53. The molecule has 1 aliphatic carbocycles. The lowest BCUT2D eigenvalue weighted by Crippen LogP contribution is -2.43. The summed E-state index contributed by atoms with van der Waals surface area (Å²) in [5, 5.41) is 9.79. The fraction of sp³-hybridized carbons (Fsp3) is 0.552. The Kier molecular flexibility index (Phi) is 6.98. The van der Waals surface area contributed by atoms with E-state index >= 15 is 4.39 Å². The third kappa shape index (κ3) is 4.76. The third-order valence-electron chi connectivity index (χ3n) is 9.49. The molecule has 44 heavy (non-hydrogen) atoms. The second-order valence-electron chi connectivity index (χ2n) is 12.3. The number of benzene rings is 1. The lowest BCUT2D eigenvalue weighted by molar-refractivity contribution is -0.137. The van der Waals surface area contributed by atoms with Crippen molar-refractivity contribution in [2.24, 2.45) is 5.92 Å². The quantitative estimate of drug-likeness (QED) is 0.301. The summed E-state index contributed by atoms with van der Waals surface area (Å²) in [5.74, 6) is -1.33. The molecule has 236 valence electrons. The summed E-state index contributed by atoms with van der Waals surface area (Å²) < 4.78 is 85.7. The smallest absolute Gasteiger partial charge is 0.418 e. The van der Waals surface area contributed by atoms with Gasteiger partial charge in [-0.05, 0) is 44.4 Å². The van der Waals surface area contributed by atoms with Crippen LogP contribution in [-0.4, -0.2) is 82.2 Å². The predicted molar refractivity (Wildman–Crippen MR) is 152 cm³/mol. The summed E-state index contributed by atoms with van der Waals surface area (Å²) in [5.41, 5.74) is 2.13. The van der Waals surface area contributed by atoms with Crippen LogP contribution in [0.15, 0.2) is 12.1 Å². The second-order valence-corrected chi connectivity index (χ2v) is 12.7. The molecule has 3 N–H and O–H groups in total. The zero-order valence-electron chi connectivity index (χ0n) is 23.7. The van der Waals surface area contributed by atoms with Gasteiger partial charge in [-0.15, -0.1) is 0 Å². The highest BCUT2D eigenvalue weighted by atomic mass is 35.5. The van der Waals surface area contributed by atoms with E-state index in [1.165, 1.54) is 0 Å². The van der Waals surface area contributed by atoms with E-state index in [9.17, 15) is 22.7 Å². The number of aliphatic hydroxyl groups is 1. The monoisotopic (exact) mass is 640 g/mol. The number of aromatic nitrogens is 3. The van der Waals surface area contributed by atoms with E-state index in [0.29, 0.717) is 25.8 Å². The number of hydrogen-bond acceptors (Lipinski definition) is 9. The average molecular weight is 641 g/mol. The number of nitrogens with zero attached hydrogens (tertiary/aromatic N) is 5. The van der Waals surface area contributed by atoms with E-state index in [1.54, 1.807) is 11.9 Å². The van der Waals surface area contributed by atoms with Gasteiger partial charge < -0.3 is 25.2 Å². The maximum Gasteiger partial charge on any atom is 0.418 e. The van der Waals surface area contributed by atoms with Gasteiger partial charge in [0.1, 0.15) is 35.2 Å². The summed E-state index contributed by atoms with van der Waals surface area (Å²) in [6.07, 6.45) is -3.88. The van der Waals surface area contributed by atoms with Gasteiger partial charge in [0.25, 0.3) is 0 Å². The summed E-state index contributed by atoms with van der Waals surface area (Å²) in [4.78, 5) is 17.0. The molecule has 3 unspecified atom stereocenters. The van der Waals surface area contributed by atoms with Crippen LogP contribution >= 0.6 is 11.6 Å². The molecule has 0 radical (unpaired) electrons. The summed E-state index contributed by atoms with van der Waals surface area (Å²) in [7, 11) is 1.74. The van der Waals surface area contributed by atoms with Crippen molar-refractivity contribution >= 4 is 34.0 Å².